The van der Waals surface area contributed by atoms with E-state index in [0.717, 1.165) is 0 Å². The Balaban J connectivity index is 2.74. The fourth-order valence-electron chi connectivity index (χ4n) is 2.06. The second-order valence-electron chi connectivity index (χ2n) is 5.06. The van der Waals surface area contributed by atoms with Gasteiger partial charge in [0.2, 0.25) is 0 Å². The zero-order valence-electron chi connectivity index (χ0n) is 13.4. The van der Waals surface area contributed by atoms with Gasteiger partial charge >= 0.3 is 20.2 Å². The Kier molecular flexibility index (Phi) is 5.89. The van der Waals surface area contributed by atoms with Crippen LogP contribution in [-0.2, 0) is 44.1 Å². The first-order valence-corrected chi connectivity index (χ1v) is 12.4. The molecule has 2 aromatic carbocycles. The lowest BCUT2D eigenvalue weighted by Gasteiger charge is -2.11. The first-order chi connectivity index (χ1) is 13.0. The van der Waals surface area contributed by atoms with Gasteiger partial charge in [0.05, 0.1) is 0 Å². The van der Waals surface area contributed by atoms with Gasteiger partial charge in [0, 0.05) is 0 Å². The average molecular weight is 494 g/mol. The van der Waals surface area contributed by atoms with E-state index in [4.69, 9.17) is 9.11 Å². The molecule has 0 heterocycles. The van der Waals surface area contributed by atoms with E-state index < -0.39 is 71.7 Å². The average Bonchev–Trinajstić information content (AvgIpc) is 2.51. The minimum Gasteiger partial charge on any atom is -0.282 e. The second kappa shape index (κ2) is 7.35. The molecular weight excluding hydrogens is 486 g/mol. The number of rotatable bonds is 6. The topological polar surface area (TPSA) is 186 Å². The van der Waals surface area contributed by atoms with Crippen molar-refractivity contribution in [2.75, 3.05) is 0 Å². The van der Waals surface area contributed by atoms with Crippen molar-refractivity contribution in [2.24, 2.45) is 0 Å². The molecule has 0 amide bonds. The van der Waals surface area contributed by atoms with E-state index >= 15 is 0 Å². The van der Waals surface area contributed by atoms with Gasteiger partial charge in [0.1, 0.15) is 21.4 Å². The maximum Gasteiger partial charge on any atom is 0.313 e. The number of halogens is 2. The van der Waals surface area contributed by atoms with Crippen molar-refractivity contribution in [3.8, 4) is 0 Å². The summed E-state index contributed by atoms with van der Waals surface area (Å²) in [5.41, 5.74) is 0. The van der Waals surface area contributed by atoms with Crippen LogP contribution in [0.1, 0.15) is 0 Å². The second-order valence-corrected chi connectivity index (χ2v) is 11.0. The Hall–Kier alpha value is -2.02. The van der Waals surface area contributed by atoms with Gasteiger partial charge in [-0.3, -0.25) is 9.11 Å². The van der Waals surface area contributed by atoms with E-state index in [1.807, 2.05) is 0 Å². The van der Waals surface area contributed by atoms with E-state index in [-0.39, 0.29) is 0 Å². The van der Waals surface area contributed by atoms with Crippen molar-refractivity contribution >= 4 is 40.5 Å². The van der Waals surface area contributed by atoms with Gasteiger partial charge in [-0.15, -0.1) is 3.63 Å². The Morgan fingerprint density at radius 2 is 0.931 bits per heavy atom. The molecule has 17 heteroatoms. The third-order valence-corrected chi connectivity index (χ3v) is 8.41. The van der Waals surface area contributed by atoms with E-state index in [9.17, 15) is 42.5 Å². The molecule has 2 aromatic rings. The zero-order valence-corrected chi connectivity index (χ0v) is 16.7. The van der Waals surface area contributed by atoms with Crippen molar-refractivity contribution in [3.05, 3.63) is 48.0 Å². The molecule has 0 radical (unpaired) electrons. The largest absolute Gasteiger partial charge is 0.313 e. The van der Waals surface area contributed by atoms with Gasteiger partial charge in [0.25, 0.3) is 20.2 Å². The molecule has 0 bridgehead atoms. The molecule has 0 unspecified atom stereocenters. The normalized spacial score (nSPS) is 13.4. The monoisotopic (exact) mass is 494 g/mol. The molecule has 0 saturated heterocycles. The molecule has 0 aliphatic rings. The highest BCUT2D eigenvalue weighted by molar-refractivity contribution is 8.00. The van der Waals surface area contributed by atoms with E-state index in [1.54, 1.807) is 0 Å². The van der Waals surface area contributed by atoms with Crippen molar-refractivity contribution in [1.82, 2.24) is 0 Å². The minimum absolute atomic E-state index is 0.367. The van der Waals surface area contributed by atoms with Gasteiger partial charge < -0.3 is 0 Å². The lowest BCUT2D eigenvalue weighted by Crippen LogP contribution is -2.20. The van der Waals surface area contributed by atoms with Crippen LogP contribution >= 0.6 is 0 Å². The first kappa shape index (κ1) is 23.3. The van der Waals surface area contributed by atoms with Crippen LogP contribution in [0.25, 0.3) is 0 Å². The van der Waals surface area contributed by atoms with Crippen LogP contribution in [0.2, 0.25) is 0 Å². The molecule has 0 spiro atoms. The highest BCUT2D eigenvalue weighted by Gasteiger charge is 2.37. The summed E-state index contributed by atoms with van der Waals surface area (Å²) in [6.07, 6.45) is 0. The molecule has 0 atom stereocenters. The van der Waals surface area contributed by atoms with E-state index in [2.05, 4.69) is 3.63 Å². The van der Waals surface area contributed by atoms with Crippen LogP contribution in [0, 0.1) is 11.6 Å². The summed E-state index contributed by atoms with van der Waals surface area (Å²) in [5, 5.41) is 0. The lowest BCUT2D eigenvalue weighted by molar-refractivity contribution is 0.441. The number of hydrogen-bond donors (Lipinski definition) is 2. The Bertz CT molecular complexity index is 1300. The Labute approximate surface area is 163 Å². The minimum atomic E-state index is -5.74. The third-order valence-electron chi connectivity index (χ3n) is 3.10. The summed E-state index contributed by atoms with van der Waals surface area (Å²) in [6.45, 7) is 0. The van der Waals surface area contributed by atoms with Gasteiger partial charge in [-0.05, 0) is 24.3 Å². The van der Waals surface area contributed by atoms with Crippen LogP contribution in [-0.4, -0.2) is 42.8 Å². The van der Waals surface area contributed by atoms with Crippen LogP contribution in [0.3, 0.4) is 0 Å². The maximum atomic E-state index is 13.7. The van der Waals surface area contributed by atoms with Gasteiger partial charge in [-0.1, -0.05) is 12.1 Å². The Morgan fingerprint density at radius 1 is 0.621 bits per heavy atom. The maximum absolute atomic E-state index is 13.7. The van der Waals surface area contributed by atoms with Crippen molar-refractivity contribution < 1.29 is 55.2 Å². The van der Waals surface area contributed by atoms with E-state index in [1.165, 1.54) is 0 Å². The summed E-state index contributed by atoms with van der Waals surface area (Å²) >= 11 is 0. The summed E-state index contributed by atoms with van der Waals surface area (Å²) in [7, 11) is -22.5. The molecule has 2 rings (SSSR count). The smallest absolute Gasteiger partial charge is 0.282 e. The summed E-state index contributed by atoms with van der Waals surface area (Å²) in [6, 6.07) is 2.87. The molecule has 160 valence electrons. The number of benzene rings is 2. The quantitative estimate of drug-likeness (QED) is 0.534. The fraction of sp³-hybridized carbons (Fsp3) is 0. The lowest BCUT2D eigenvalue weighted by atomic mass is 10.3. The first-order valence-electron chi connectivity index (χ1n) is 6.71. The third kappa shape index (κ3) is 4.77. The Morgan fingerprint density at radius 3 is 1.21 bits per heavy atom. The fourth-order valence-corrected chi connectivity index (χ4v) is 7.25. The molecule has 11 nitrogen and oxygen atoms in total. The standard InChI is InChI=1S/C12H8F2O11S4/c13-7-3-1-5-9(11(7)26(15,16)17)28(21,22)25-29(23,24)10-6-2-4-8(14)12(10)27(18,19)20/h1-6H,(H,15,16,17)(H,18,19,20). The van der Waals surface area contributed by atoms with Crippen molar-refractivity contribution in [2.45, 2.75) is 19.6 Å². The van der Waals surface area contributed by atoms with Gasteiger partial charge in [-0.2, -0.15) is 33.7 Å². The molecule has 0 saturated carbocycles. The van der Waals surface area contributed by atoms with Crippen LogP contribution in [0.5, 0.6) is 0 Å². The van der Waals surface area contributed by atoms with Crippen LogP contribution < -0.4 is 0 Å². The highest BCUT2D eigenvalue weighted by atomic mass is 32.3. The molecule has 0 aromatic heterocycles. The molecule has 0 aliphatic heterocycles. The zero-order chi connectivity index (χ0) is 22.4. The predicted molar refractivity (Wildman–Crippen MR) is 87.9 cm³/mol. The van der Waals surface area contributed by atoms with Crippen LogP contribution in [0.15, 0.2) is 56.0 Å². The van der Waals surface area contributed by atoms with Crippen LogP contribution in [0.4, 0.5) is 8.78 Å². The molecule has 0 fully saturated rings. The number of hydrogen-bond acceptors (Lipinski definition) is 9. The molecule has 29 heavy (non-hydrogen) atoms. The summed E-state index contributed by atoms with van der Waals surface area (Å²) < 4.78 is 143. The molecule has 0 aliphatic carbocycles. The molecular formula is C12H8F2O11S4. The molecule has 2 N–H and O–H groups in total. The van der Waals surface area contributed by atoms with Crippen molar-refractivity contribution in [3.63, 3.8) is 0 Å². The van der Waals surface area contributed by atoms with Gasteiger partial charge in [-0.25, -0.2) is 8.78 Å². The highest BCUT2D eigenvalue weighted by Crippen LogP contribution is 2.30. The summed E-state index contributed by atoms with van der Waals surface area (Å²) in [5.74, 6) is -3.56. The summed E-state index contributed by atoms with van der Waals surface area (Å²) in [4.78, 5) is -6.98. The van der Waals surface area contributed by atoms with Crippen molar-refractivity contribution in [1.29, 1.82) is 0 Å². The predicted octanol–water partition coefficient (Wildman–Crippen LogP) is 0.552. The van der Waals surface area contributed by atoms with E-state index in [0.29, 0.717) is 36.4 Å². The van der Waals surface area contributed by atoms with Gasteiger partial charge in [0.15, 0.2) is 9.79 Å². The SMILES string of the molecule is O=S(=O)(O)c1c(F)cccc1S(=O)(=O)OS(=O)(=O)c1cccc(F)c1S(=O)(=O)O.